The first-order valence-corrected chi connectivity index (χ1v) is 16.3. The fourth-order valence-electron chi connectivity index (χ4n) is 10.8. The maximum atomic E-state index is 13.4. The van der Waals surface area contributed by atoms with Crippen LogP contribution in [0.4, 0.5) is 4.79 Å². The Bertz CT molecular complexity index is 1150. The third kappa shape index (κ3) is 4.28. The van der Waals surface area contributed by atoms with E-state index in [0.29, 0.717) is 29.8 Å². The summed E-state index contributed by atoms with van der Waals surface area (Å²) in [6.45, 7) is 8.42. The topological polar surface area (TPSA) is 59.0 Å². The molecule has 1 amide bonds. The van der Waals surface area contributed by atoms with Crippen LogP contribution in [-0.2, 0) is 16.1 Å². The minimum atomic E-state index is -0.183. The Morgan fingerprint density at radius 1 is 1.12 bits per heavy atom. The van der Waals surface area contributed by atoms with E-state index in [9.17, 15) is 9.90 Å². The zero-order valence-electron chi connectivity index (χ0n) is 24.8. The Labute approximate surface area is 240 Å². The SMILES string of the molecule is CC1=C2C[C@H]3[C@@H](CC[C@@H]4C[C@@H](O)CC[C@@]43C)[C@@H]2CC[C@@]2(C1)O[C@@H]1CCCN(C(=O)OCc3ccccc3)[C@H]1[C@H]2C. The average molecular weight is 548 g/mol. The van der Waals surface area contributed by atoms with E-state index in [0.717, 1.165) is 62.5 Å². The van der Waals surface area contributed by atoms with Crippen molar-refractivity contribution in [3.8, 4) is 0 Å². The Kier molecular flexibility index (Phi) is 6.86. The van der Waals surface area contributed by atoms with Gasteiger partial charge in [-0.15, -0.1) is 0 Å². The molecule has 1 aromatic carbocycles. The smallest absolute Gasteiger partial charge is 0.410 e. The Morgan fingerprint density at radius 3 is 2.77 bits per heavy atom. The maximum absolute atomic E-state index is 13.4. The molecule has 2 aliphatic heterocycles. The highest BCUT2D eigenvalue weighted by Gasteiger charge is 2.60. The number of benzene rings is 1. The Balaban J connectivity index is 1.09. The molecule has 3 saturated carbocycles. The predicted octanol–water partition coefficient (Wildman–Crippen LogP) is 7.28. The van der Waals surface area contributed by atoms with Crippen LogP contribution >= 0.6 is 0 Å². The number of hydrogen-bond donors (Lipinski definition) is 1. The molecule has 2 heterocycles. The average Bonchev–Trinajstić information content (AvgIpc) is 3.43. The van der Waals surface area contributed by atoms with Gasteiger partial charge in [-0.3, -0.25) is 0 Å². The fraction of sp³-hybridized carbons (Fsp3) is 0.743. The lowest BCUT2D eigenvalue weighted by Crippen LogP contribution is -2.52. The van der Waals surface area contributed by atoms with Crippen LogP contribution in [-0.4, -0.2) is 46.5 Å². The van der Waals surface area contributed by atoms with E-state index >= 15 is 0 Å². The largest absolute Gasteiger partial charge is 0.445 e. The summed E-state index contributed by atoms with van der Waals surface area (Å²) in [6, 6.07) is 10.1. The van der Waals surface area contributed by atoms with Gasteiger partial charge in [0.15, 0.2) is 0 Å². The van der Waals surface area contributed by atoms with Crippen molar-refractivity contribution in [2.24, 2.45) is 35.0 Å². The van der Waals surface area contributed by atoms with Crippen LogP contribution in [0.25, 0.3) is 0 Å². The van der Waals surface area contributed by atoms with Crippen molar-refractivity contribution >= 4 is 6.09 Å². The molecular weight excluding hydrogens is 498 g/mol. The van der Waals surface area contributed by atoms with Crippen LogP contribution in [0.2, 0.25) is 0 Å². The molecule has 10 atom stereocenters. The van der Waals surface area contributed by atoms with E-state index in [1.54, 1.807) is 11.1 Å². The summed E-state index contributed by atoms with van der Waals surface area (Å²) in [5.74, 6) is 3.25. The quantitative estimate of drug-likeness (QED) is 0.396. The maximum Gasteiger partial charge on any atom is 0.410 e. The van der Waals surface area contributed by atoms with Crippen molar-refractivity contribution in [1.29, 1.82) is 0 Å². The van der Waals surface area contributed by atoms with E-state index in [-0.39, 0.29) is 29.9 Å². The third-order valence-electron chi connectivity index (χ3n) is 12.9. The number of nitrogens with zero attached hydrogens (tertiary/aromatic N) is 1. The molecule has 0 bridgehead atoms. The van der Waals surface area contributed by atoms with E-state index in [1.807, 2.05) is 35.2 Å². The second kappa shape index (κ2) is 10.2. The van der Waals surface area contributed by atoms with Crippen molar-refractivity contribution in [1.82, 2.24) is 4.90 Å². The second-order valence-corrected chi connectivity index (χ2v) is 14.7. The van der Waals surface area contributed by atoms with Crippen molar-refractivity contribution in [3.63, 3.8) is 0 Å². The highest BCUT2D eigenvalue weighted by Crippen LogP contribution is 2.65. The summed E-state index contributed by atoms with van der Waals surface area (Å²) >= 11 is 0. The number of piperidine rings is 1. The first kappa shape index (κ1) is 27.0. The predicted molar refractivity (Wildman–Crippen MR) is 155 cm³/mol. The van der Waals surface area contributed by atoms with Crippen molar-refractivity contribution in [2.75, 3.05) is 6.54 Å². The first-order valence-electron chi connectivity index (χ1n) is 16.3. The molecule has 1 N–H and O–H groups in total. The zero-order chi connectivity index (χ0) is 27.6. The molecule has 1 aromatic rings. The van der Waals surface area contributed by atoms with Gasteiger partial charge in [-0.2, -0.15) is 0 Å². The van der Waals surface area contributed by atoms with Crippen molar-refractivity contribution < 1.29 is 19.4 Å². The van der Waals surface area contributed by atoms with Gasteiger partial charge in [0.25, 0.3) is 0 Å². The van der Waals surface area contributed by atoms with Gasteiger partial charge in [-0.05, 0) is 112 Å². The van der Waals surface area contributed by atoms with Gasteiger partial charge in [0.2, 0.25) is 0 Å². The van der Waals surface area contributed by atoms with Crippen LogP contribution in [0.15, 0.2) is 41.5 Å². The minimum absolute atomic E-state index is 0.0814. The molecule has 0 unspecified atom stereocenters. The Hall–Kier alpha value is -1.85. The number of aliphatic hydroxyl groups is 1. The lowest BCUT2D eigenvalue weighted by atomic mass is 9.52. The van der Waals surface area contributed by atoms with E-state index < -0.39 is 0 Å². The molecule has 5 nitrogen and oxygen atoms in total. The summed E-state index contributed by atoms with van der Waals surface area (Å²) in [4.78, 5) is 15.4. The van der Waals surface area contributed by atoms with E-state index in [1.165, 1.54) is 32.1 Å². The summed E-state index contributed by atoms with van der Waals surface area (Å²) in [6.07, 6.45) is 12.3. The lowest BCUT2D eigenvalue weighted by Gasteiger charge is -2.53. The highest BCUT2D eigenvalue weighted by molar-refractivity contribution is 5.68. The third-order valence-corrected chi connectivity index (χ3v) is 12.9. The molecule has 0 aromatic heterocycles. The van der Waals surface area contributed by atoms with Crippen molar-refractivity contribution in [3.05, 3.63) is 47.0 Å². The van der Waals surface area contributed by atoms with Gasteiger partial charge in [0, 0.05) is 12.5 Å². The van der Waals surface area contributed by atoms with Crippen molar-refractivity contribution in [2.45, 2.75) is 122 Å². The summed E-state index contributed by atoms with van der Waals surface area (Å²) in [7, 11) is 0. The van der Waals surface area contributed by atoms with E-state index in [4.69, 9.17) is 9.47 Å². The molecule has 0 radical (unpaired) electrons. The molecule has 218 valence electrons. The molecule has 1 spiro atoms. The first-order chi connectivity index (χ1) is 19.3. The Morgan fingerprint density at radius 2 is 1.95 bits per heavy atom. The molecule has 2 saturated heterocycles. The van der Waals surface area contributed by atoms with Crippen LogP contribution in [0.3, 0.4) is 0 Å². The summed E-state index contributed by atoms with van der Waals surface area (Å²) in [5.41, 5.74) is 4.58. The lowest BCUT2D eigenvalue weighted by molar-refractivity contribution is -0.0796. The normalized spacial score (nSPS) is 44.5. The number of ether oxygens (including phenoxy) is 2. The van der Waals surface area contributed by atoms with Gasteiger partial charge < -0.3 is 19.5 Å². The van der Waals surface area contributed by atoms with Gasteiger partial charge in [0.1, 0.15) is 6.61 Å². The number of carbonyl (C=O) groups is 1. The van der Waals surface area contributed by atoms with Gasteiger partial charge in [-0.25, -0.2) is 4.79 Å². The van der Waals surface area contributed by atoms with Gasteiger partial charge in [-0.1, -0.05) is 55.3 Å². The number of allylic oxidation sites excluding steroid dienone is 1. The number of likely N-dealkylation sites (tertiary alicyclic amines) is 1. The molecule has 5 heteroatoms. The number of carbonyl (C=O) groups excluding carboxylic acids is 1. The zero-order valence-corrected chi connectivity index (χ0v) is 24.8. The van der Waals surface area contributed by atoms with E-state index in [2.05, 4.69) is 20.8 Å². The van der Waals surface area contributed by atoms with Crippen LogP contribution in [0.5, 0.6) is 0 Å². The summed E-state index contributed by atoms with van der Waals surface area (Å²) < 4.78 is 12.9. The fourth-order valence-corrected chi connectivity index (χ4v) is 10.8. The number of amides is 1. The van der Waals surface area contributed by atoms with Crippen LogP contribution in [0.1, 0.15) is 97.0 Å². The highest BCUT2D eigenvalue weighted by atomic mass is 16.6. The van der Waals surface area contributed by atoms with Gasteiger partial charge in [0.05, 0.1) is 23.9 Å². The number of rotatable bonds is 2. The molecule has 7 rings (SSSR count). The number of hydrogen-bond acceptors (Lipinski definition) is 4. The standard InChI is InChI=1S/C35H49NO4/c1-22-20-35(16-14-27-28-12-11-25-18-26(37)13-15-34(25,3)30(28)19-29(22)27)23(2)32-31(40-35)10-7-17-36(32)33(38)39-21-24-8-5-4-6-9-24/h4-6,8-9,23,25-28,30-32,37H,7,10-21H2,1-3H3/t23-,25-,26+,27+,28+,30+,31-,32+,34+,35+/m1/s1. The second-order valence-electron chi connectivity index (χ2n) is 14.7. The molecule has 5 fully saturated rings. The monoisotopic (exact) mass is 547 g/mol. The minimum Gasteiger partial charge on any atom is -0.445 e. The number of aliphatic hydroxyl groups excluding tert-OH is 1. The molecule has 6 aliphatic rings. The van der Waals surface area contributed by atoms with Crippen LogP contribution < -0.4 is 0 Å². The molecular formula is C35H49NO4. The van der Waals surface area contributed by atoms with Gasteiger partial charge >= 0.3 is 6.09 Å². The van der Waals surface area contributed by atoms with Crippen LogP contribution in [0, 0.1) is 35.0 Å². The summed E-state index contributed by atoms with van der Waals surface area (Å²) in [5, 5.41) is 10.4. The number of fused-ring (bicyclic) bond motifs is 6. The molecule has 4 aliphatic carbocycles. The molecule has 40 heavy (non-hydrogen) atoms.